The lowest BCUT2D eigenvalue weighted by Gasteiger charge is -2.28. The van der Waals surface area contributed by atoms with Crippen molar-refractivity contribution in [2.45, 2.75) is 51.5 Å². The van der Waals surface area contributed by atoms with Gasteiger partial charge in [0.25, 0.3) is 0 Å². The summed E-state index contributed by atoms with van der Waals surface area (Å²) < 4.78 is 16.7. The van der Waals surface area contributed by atoms with Gasteiger partial charge in [-0.3, -0.25) is 14.3 Å². The van der Waals surface area contributed by atoms with Crippen LogP contribution in [-0.2, 0) is 16.7 Å². The van der Waals surface area contributed by atoms with Crippen LogP contribution in [0.15, 0.2) is 24.4 Å². The molecule has 1 aromatic carbocycles. The Kier molecular flexibility index (Phi) is 7.75. The van der Waals surface area contributed by atoms with Crippen LogP contribution < -0.4 is 16.1 Å². The number of amides is 3. The fourth-order valence-corrected chi connectivity index (χ4v) is 5.15. The number of pyridine rings is 1. The van der Waals surface area contributed by atoms with Crippen molar-refractivity contribution in [3.63, 3.8) is 0 Å². The third-order valence-electron chi connectivity index (χ3n) is 6.48. The molecule has 1 saturated carbocycles. The number of aryl methyl sites for hydroxylation is 1. The molecule has 2 atom stereocenters. The van der Waals surface area contributed by atoms with Crippen LogP contribution >= 0.6 is 11.6 Å². The van der Waals surface area contributed by atoms with Crippen LogP contribution in [0, 0.1) is 11.7 Å². The van der Waals surface area contributed by atoms with E-state index in [1.165, 1.54) is 19.4 Å². The van der Waals surface area contributed by atoms with Crippen molar-refractivity contribution >= 4 is 40.3 Å². The molecule has 11 heteroatoms. The molecule has 9 nitrogen and oxygen atoms in total. The molecule has 3 N–H and O–H groups in total. The minimum Gasteiger partial charge on any atom is -0.334 e. The van der Waals surface area contributed by atoms with E-state index in [0.717, 1.165) is 23.9 Å². The monoisotopic (exact) mass is 516 g/mol. The van der Waals surface area contributed by atoms with Gasteiger partial charge in [-0.2, -0.15) is 5.10 Å². The molecule has 4 rings (SSSR count). The van der Waals surface area contributed by atoms with Crippen molar-refractivity contribution < 1.29 is 18.8 Å². The Bertz CT molecular complexity index is 1290. The summed E-state index contributed by atoms with van der Waals surface area (Å²) in [6, 6.07) is 4.34. The SMILES string of the molecule is CONC(=O)NC1CCCC(C(=O)Nc2cc(-c3cc(F)c4nn(C)c(C(C)C)c4c3)c(Cl)cn2)C1. The topological polar surface area (TPSA) is 110 Å². The number of fused-ring (bicyclic) bond motifs is 1. The van der Waals surface area contributed by atoms with Crippen molar-refractivity contribution in [2.24, 2.45) is 13.0 Å². The lowest BCUT2D eigenvalue weighted by atomic mass is 9.85. The molecule has 36 heavy (non-hydrogen) atoms. The van der Waals surface area contributed by atoms with Gasteiger partial charge in [-0.15, -0.1) is 0 Å². The number of carbonyl (C=O) groups excluding carboxylic acids is 2. The summed E-state index contributed by atoms with van der Waals surface area (Å²) in [6.45, 7) is 4.06. The standard InChI is InChI=1S/C25H30ClFN6O3/c1-13(2)23-18-9-15(10-20(27)22(18)31-33(23)3)17-11-21(28-12-19(17)26)30-24(34)14-6-5-7-16(8-14)29-25(35)32-36-4/h9-14,16H,5-8H2,1-4H3,(H,28,30,34)(H2,29,32,35). The van der Waals surface area contributed by atoms with E-state index in [4.69, 9.17) is 11.6 Å². The summed E-state index contributed by atoms with van der Waals surface area (Å²) in [6.07, 6.45) is 4.24. The smallest absolute Gasteiger partial charge is 0.334 e. The van der Waals surface area contributed by atoms with E-state index >= 15 is 4.39 Å². The normalized spacial score (nSPS) is 17.9. The van der Waals surface area contributed by atoms with Gasteiger partial charge in [-0.05, 0) is 48.9 Å². The molecule has 0 bridgehead atoms. The van der Waals surface area contributed by atoms with Crippen LogP contribution in [0.2, 0.25) is 5.02 Å². The molecule has 1 aliphatic rings. The zero-order chi connectivity index (χ0) is 26.0. The molecule has 3 aromatic rings. The van der Waals surface area contributed by atoms with E-state index < -0.39 is 11.8 Å². The number of hydrogen-bond donors (Lipinski definition) is 3. The second-order valence-electron chi connectivity index (χ2n) is 9.40. The number of rotatable bonds is 6. The first kappa shape index (κ1) is 25.8. The minimum absolute atomic E-state index is 0.136. The predicted molar refractivity (Wildman–Crippen MR) is 136 cm³/mol. The molecule has 0 radical (unpaired) electrons. The first-order valence-electron chi connectivity index (χ1n) is 11.9. The van der Waals surface area contributed by atoms with E-state index in [-0.39, 0.29) is 23.8 Å². The van der Waals surface area contributed by atoms with Crippen molar-refractivity contribution in [3.05, 3.63) is 40.9 Å². The van der Waals surface area contributed by atoms with Crippen LogP contribution in [0.3, 0.4) is 0 Å². The van der Waals surface area contributed by atoms with Crippen LogP contribution in [0.25, 0.3) is 22.0 Å². The van der Waals surface area contributed by atoms with Crippen molar-refractivity contribution in [2.75, 3.05) is 12.4 Å². The Hall–Kier alpha value is -3.24. The predicted octanol–water partition coefficient (Wildman–Crippen LogP) is 4.91. The van der Waals surface area contributed by atoms with Crippen LogP contribution in [0.1, 0.15) is 51.1 Å². The number of halogens is 2. The van der Waals surface area contributed by atoms with E-state index in [2.05, 4.69) is 31.0 Å². The molecule has 0 aliphatic heterocycles. The molecule has 1 aliphatic carbocycles. The van der Waals surface area contributed by atoms with Crippen LogP contribution in [0.4, 0.5) is 15.0 Å². The van der Waals surface area contributed by atoms with E-state index in [1.807, 2.05) is 19.9 Å². The summed E-state index contributed by atoms with van der Waals surface area (Å²) in [5, 5.41) is 11.1. The fraction of sp³-hybridized carbons (Fsp3) is 0.440. The van der Waals surface area contributed by atoms with Gasteiger partial charge >= 0.3 is 6.03 Å². The first-order chi connectivity index (χ1) is 17.2. The van der Waals surface area contributed by atoms with Crippen molar-refractivity contribution in [3.8, 4) is 11.1 Å². The van der Waals surface area contributed by atoms with Gasteiger partial charge in [-0.1, -0.05) is 31.9 Å². The quantitative estimate of drug-likeness (QED) is 0.403. The van der Waals surface area contributed by atoms with Gasteiger partial charge in [0.05, 0.1) is 12.1 Å². The maximum Gasteiger partial charge on any atom is 0.338 e. The van der Waals surface area contributed by atoms with Gasteiger partial charge in [0.1, 0.15) is 11.3 Å². The summed E-state index contributed by atoms with van der Waals surface area (Å²) >= 11 is 6.45. The van der Waals surface area contributed by atoms with Crippen LogP contribution in [0.5, 0.6) is 0 Å². The summed E-state index contributed by atoms with van der Waals surface area (Å²) in [7, 11) is 3.16. The Morgan fingerprint density at radius 3 is 2.75 bits per heavy atom. The number of hydrogen-bond acceptors (Lipinski definition) is 5. The highest BCUT2D eigenvalue weighted by atomic mass is 35.5. The number of benzene rings is 1. The Balaban J connectivity index is 1.56. The zero-order valence-corrected chi connectivity index (χ0v) is 21.4. The molecular weight excluding hydrogens is 487 g/mol. The average molecular weight is 517 g/mol. The Labute approximate surface area is 213 Å². The highest BCUT2D eigenvalue weighted by Gasteiger charge is 2.28. The van der Waals surface area contributed by atoms with Gasteiger partial charge in [0, 0.05) is 41.8 Å². The molecular formula is C25H30ClFN6O3. The summed E-state index contributed by atoms with van der Waals surface area (Å²) in [4.78, 5) is 33.6. The number of nitrogens with zero attached hydrogens (tertiary/aromatic N) is 3. The zero-order valence-electron chi connectivity index (χ0n) is 20.7. The van der Waals surface area contributed by atoms with Crippen LogP contribution in [-0.4, -0.2) is 39.9 Å². The van der Waals surface area contributed by atoms with Gasteiger partial charge in [-0.25, -0.2) is 19.6 Å². The highest BCUT2D eigenvalue weighted by molar-refractivity contribution is 6.33. The van der Waals surface area contributed by atoms with Gasteiger partial charge in [0.15, 0.2) is 5.82 Å². The number of anilines is 1. The number of urea groups is 1. The molecule has 192 valence electrons. The maximum atomic E-state index is 15.0. The molecule has 2 heterocycles. The third-order valence-corrected chi connectivity index (χ3v) is 6.78. The number of hydroxylamine groups is 1. The highest BCUT2D eigenvalue weighted by Crippen LogP contribution is 2.35. The third kappa shape index (κ3) is 5.44. The minimum atomic E-state index is -0.443. The molecule has 2 aromatic heterocycles. The second-order valence-corrected chi connectivity index (χ2v) is 9.80. The summed E-state index contributed by atoms with van der Waals surface area (Å²) in [5.74, 6) is -0.452. The maximum absolute atomic E-state index is 15.0. The molecule has 2 unspecified atom stereocenters. The van der Waals surface area contributed by atoms with E-state index in [9.17, 15) is 9.59 Å². The Morgan fingerprint density at radius 1 is 1.25 bits per heavy atom. The number of nitrogens with one attached hydrogen (secondary N) is 3. The lowest BCUT2D eigenvalue weighted by Crippen LogP contribution is -2.45. The van der Waals surface area contributed by atoms with Crippen molar-refractivity contribution in [1.29, 1.82) is 0 Å². The van der Waals surface area contributed by atoms with Crippen molar-refractivity contribution in [1.82, 2.24) is 25.6 Å². The Morgan fingerprint density at radius 2 is 2.03 bits per heavy atom. The number of aromatic nitrogens is 3. The molecule has 0 saturated heterocycles. The van der Waals surface area contributed by atoms with E-state index in [0.29, 0.717) is 40.3 Å². The molecule has 3 amide bonds. The second kappa shape index (κ2) is 10.8. The first-order valence-corrected chi connectivity index (χ1v) is 12.3. The lowest BCUT2D eigenvalue weighted by molar-refractivity contribution is -0.121. The van der Waals surface area contributed by atoms with Gasteiger partial charge in [0.2, 0.25) is 5.91 Å². The number of carbonyl (C=O) groups is 2. The average Bonchev–Trinajstić information content (AvgIpc) is 3.17. The molecule has 1 fully saturated rings. The summed E-state index contributed by atoms with van der Waals surface area (Å²) in [5.41, 5.74) is 4.58. The van der Waals surface area contributed by atoms with Gasteiger partial charge < -0.3 is 10.6 Å². The largest absolute Gasteiger partial charge is 0.338 e. The fourth-order valence-electron chi connectivity index (χ4n) is 4.94. The van der Waals surface area contributed by atoms with E-state index in [1.54, 1.807) is 17.8 Å². The molecule has 0 spiro atoms.